The SMILES string of the molecule is CC(=O)C1=NOC(O)CC1. The van der Waals surface area contributed by atoms with Crippen molar-refractivity contribution < 1.29 is 14.7 Å². The van der Waals surface area contributed by atoms with E-state index in [1.165, 1.54) is 6.92 Å². The van der Waals surface area contributed by atoms with Crippen molar-refractivity contribution >= 4 is 11.5 Å². The Morgan fingerprint density at radius 2 is 2.60 bits per heavy atom. The molecule has 1 rings (SSSR count). The van der Waals surface area contributed by atoms with Crippen molar-refractivity contribution in [3.05, 3.63) is 0 Å². The number of oxime groups is 1. The van der Waals surface area contributed by atoms with Crippen molar-refractivity contribution in [2.24, 2.45) is 5.16 Å². The highest BCUT2D eigenvalue weighted by atomic mass is 16.7. The lowest BCUT2D eigenvalue weighted by molar-refractivity contribution is -0.117. The Labute approximate surface area is 58.5 Å². The standard InChI is InChI=1S/C6H9NO3/c1-4(8)5-2-3-6(9)10-7-5/h6,9H,2-3H2,1H3. The Bertz CT molecular complexity index is 176. The Kier molecular flexibility index (Phi) is 2.01. The van der Waals surface area contributed by atoms with Gasteiger partial charge in [0.05, 0.1) is 0 Å². The summed E-state index contributed by atoms with van der Waals surface area (Å²) in [7, 11) is 0. The highest BCUT2D eigenvalue weighted by molar-refractivity contribution is 6.38. The summed E-state index contributed by atoms with van der Waals surface area (Å²) in [6.07, 6.45) is 0.137. The highest BCUT2D eigenvalue weighted by Crippen LogP contribution is 2.08. The summed E-state index contributed by atoms with van der Waals surface area (Å²) in [5, 5.41) is 12.2. The van der Waals surface area contributed by atoms with Crippen LogP contribution in [0, 0.1) is 0 Å². The molecule has 1 unspecified atom stereocenters. The fourth-order valence-electron chi connectivity index (χ4n) is 0.723. The van der Waals surface area contributed by atoms with Gasteiger partial charge in [-0.1, -0.05) is 5.16 Å². The number of carbonyl (C=O) groups excluding carboxylic acids is 1. The first kappa shape index (κ1) is 7.21. The van der Waals surface area contributed by atoms with Crippen molar-refractivity contribution in [1.82, 2.24) is 0 Å². The first-order chi connectivity index (χ1) is 4.70. The van der Waals surface area contributed by atoms with Crippen molar-refractivity contribution in [3.63, 3.8) is 0 Å². The van der Waals surface area contributed by atoms with Crippen LogP contribution >= 0.6 is 0 Å². The molecular formula is C6H9NO3. The molecule has 1 heterocycles. The van der Waals surface area contributed by atoms with Gasteiger partial charge in [-0.25, -0.2) is 0 Å². The molecule has 0 aromatic heterocycles. The van der Waals surface area contributed by atoms with Gasteiger partial charge in [-0.2, -0.15) is 0 Å². The van der Waals surface area contributed by atoms with Gasteiger partial charge in [0.2, 0.25) is 6.29 Å². The summed E-state index contributed by atoms with van der Waals surface area (Å²) in [5.74, 6) is -0.0908. The van der Waals surface area contributed by atoms with Gasteiger partial charge in [-0.15, -0.1) is 0 Å². The molecule has 1 aliphatic heterocycles. The second-order valence-corrected chi connectivity index (χ2v) is 2.19. The van der Waals surface area contributed by atoms with E-state index in [0.717, 1.165) is 0 Å². The van der Waals surface area contributed by atoms with Crippen LogP contribution in [0.4, 0.5) is 0 Å². The van der Waals surface area contributed by atoms with Gasteiger partial charge >= 0.3 is 0 Å². The summed E-state index contributed by atoms with van der Waals surface area (Å²) in [4.78, 5) is 15.1. The molecule has 0 aromatic carbocycles. The lowest BCUT2D eigenvalue weighted by atomic mass is 10.1. The number of carbonyl (C=O) groups is 1. The molecule has 0 spiro atoms. The molecule has 1 aliphatic rings. The predicted molar refractivity (Wildman–Crippen MR) is 34.4 cm³/mol. The highest BCUT2D eigenvalue weighted by Gasteiger charge is 2.16. The Morgan fingerprint density at radius 1 is 1.90 bits per heavy atom. The van der Waals surface area contributed by atoms with Crippen molar-refractivity contribution in [1.29, 1.82) is 0 Å². The van der Waals surface area contributed by atoms with Gasteiger partial charge in [-0.05, 0) is 0 Å². The fraction of sp³-hybridized carbons (Fsp3) is 0.667. The number of nitrogens with zero attached hydrogens (tertiary/aromatic N) is 1. The van der Waals surface area contributed by atoms with Crippen LogP contribution in [0.3, 0.4) is 0 Å². The van der Waals surface area contributed by atoms with E-state index < -0.39 is 6.29 Å². The second kappa shape index (κ2) is 2.79. The second-order valence-electron chi connectivity index (χ2n) is 2.19. The summed E-state index contributed by atoms with van der Waals surface area (Å²) in [5.41, 5.74) is 0.408. The molecule has 0 aromatic rings. The third-order valence-corrected chi connectivity index (χ3v) is 1.32. The first-order valence-corrected chi connectivity index (χ1v) is 3.12. The van der Waals surface area contributed by atoms with E-state index in [2.05, 4.69) is 9.99 Å². The molecule has 0 radical (unpaired) electrons. The van der Waals surface area contributed by atoms with Gasteiger partial charge in [-0.3, -0.25) is 4.79 Å². The lowest BCUT2D eigenvalue weighted by Crippen LogP contribution is -2.22. The summed E-state index contributed by atoms with van der Waals surface area (Å²) in [6.45, 7) is 1.43. The van der Waals surface area contributed by atoms with Crippen LogP contribution in [0.2, 0.25) is 0 Å². The molecule has 10 heavy (non-hydrogen) atoms. The third-order valence-electron chi connectivity index (χ3n) is 1.32. The normalized spacial score (nSPS) is 25.0. The van der Waals surface area contributed by atoms with Gasteiger partial charge in [0, 0.05) is 19.8 Å². The largest absolute Gasteiger partial charge is 0.363 e. The van der Waals surface area contributed by atoms with Crippen LogP contribution in [-0.2, 0) is 9.63 Å². The number of hydrogen-bond acceptors (Lipinski definition) is 4. The molecule has 4 nitrogen and oxygen atoms in total. The zero-order chi connectivity index (χ0) is 7.56. The number of Topliss-reactive ketones (excluding diaryl/α,β-unsaturated/α-hetero) is 1. The van der Waals surface area contributed by atoms with Crippen LogP contribution in [0.15, 0.2) is 5.16 Å². The minimum Gasteiger partial charge on any atom is -0.363 e. The van der Waals surface area contributed by atoms with Gasteiger partial charge in [0.15, 0.2) is 5.78 Å². The fourth-order valence-corrected chi connectivity index (χ4v) is 0.723. The first-order valence-electron chi connectivity index (χ1n) is 3.12. The van der Waals surface area contributed by atoms with E-state index in [1.807, 2.05) is 0 Å². The van der Waals surface area contributed by atoms with Crippen LogP contribution in [0.25, 0.3) is 0 Å². The van der Waals surface area contributed by atoms with E-state index in [9.17, 15) is 4.79 Å². The number of aliphatic hydroxyl groups is 1. The predicted octanol–water partition coefficient (Wildman–Crippen LogP) is 0.0602. The number of rotatable bonds is 1. The Balaban J connectivity index is 2.56. The van der Waals surface area contributed by atoms with Crippen LogP contribution < -0.4 is 0 Å². The minimum atomic E-state index is -0.830. The van der Waals surface area contributed by atoms with E-state index in [4.69, 9.17) is 5.11 Å². The molecule has 56 valence electrons. The van der Waals surface area contributed by atoms with Crippen molar-refractivity contribution in [2.45, 2.75) is 26.1 Å². The molecule has 0 saturated carbocycles. The number of aliphatic hydroxyl groups excluding tert-OH is 1. The van der Waals surface area contributed by atoms with Crippen molar-refractivity contribution in [3.8, 4) is 0 Å². The maximum atomic E-state index is 10.6. The zero-order valence-electron chi connectivity index (χ0n) is 5.70. The Hall–Kier alpha value is -0.900. The average Bonchev–Trinajstić information content (AvgIpc) is 1.88. The quantitative estimate of drug-likeness (QED) is 0.564. The smallest absolute Gasteiger partial charge is 0.224 e. The molecule has 0 aliphatic carbocycles. The van der Waals surface area contributed by atoms with Gasteiger partial charge in [0.25, 0.3) is 0 Å². The third kappa shape index (κ3) is 1.54. The molecule has 0 amide bonds. The van der Waals surface area contributed by atoms with E-state index in [1.54, 1.807) is 0 Å². The monoisotopic (exact) mass is 143 g/mol. The maximum Gasteiger partial charge on any atom is 0.224 e. The zero-order valence-corrected chi connectivity index (χ0v) is 5.70. The average molecular weight is 143 g/mol. The van der Waals surface area contributed by atoms with Crippen LogP contribution in [-0.4, -0.2) is 22.9 Å². The topological polar surface area (TPSA) is 58.9 Å². The Morgan fingerprint density at radius 3 is 3.00 bits per heavy atom. The van der Waals surface area contributed by atoms with E-state index >= 15 is 0 Å². The van der Waals surface area contributed by atoms with Crippen molar-refractivity contribution in [2.75, 3.05) is 0 Å². The molecule has 0 bridgehead atoms. The van der Waals surface area contributed by atoms with Gasteiger partial charge < -0.3 is 9.94 Å². The summed E-state index contributed by atoms with van der Waals surface area (Å²) < 4.78 is 0. The molecule has 0 fully saturated rings. The number of ketones is 1. The molecule has 0 saturated heterocycles. The summed E-state index contributed by atoms with van der Waals surface area (Å²) >= 11 is 0. The van der Waals surface area contributed by atoms with Gasteiger partial charge in [0.1, 0.15) is 5.71 Å². The lowest BCUT2D eigenvalue weighted by Gasteiger charge is -2.14. The van der Waals surface area contributed by atoms with E-state index in [0.29, 0.717) is 18.6 Å². The van der Waals surface area contributed by atoms with Crippen LogP contribution in [0.1, 0.15) is 19.8 Å². The molecule has 4 heteroatoms. The van der Waals surface area contributed by atoms with Crippen LogP contribution in [0.5, 0.6) is 0 Å². The molecule has 1 N–H and O–H groups in total. The number of hydrogen-bond donors (Lipinski definition) is 1. The molecule has 1 atom stereocenters. The molecular weight excluding hydrogens is 134 g/mol. The summed E-state index contributed by atoms with van der Waals surface area (Å²) in [6, 6.07) is 0. The minimum absolute atomic E-state index is 0.0908. The van der Waals surface area contributed by atoms with E-state index in [-0.39, 0.29) is 5.78 Å². The maximum absolute atomic E-state index is 10.6.